The van der Waals surface area contributed by atoms with Gasteiger partial charge in [0.15, 0.2) is 0 Å². The van der Waals surface area contributed by atoms with E-state index in [4.69, 9.17) is 0 Å². The lowest BCUT2D eigenvalue weighted by Gasteiger charge is -2.26. The molecule has 8 heteroatoms. The van der Waals surface area contributed by atoms with E-state index in [0.29, 0.717) is 6.54 Å². The third kappa shape index (κ3) is 3.58. The zero-order chi connectivity index (χ0) is 21.9. The fourth-order valence-corrected chi connectivity index (χ4v) is 3.91. The first-order chi connectivity index (χ1) is 15.7. The molecule has 0 spiro atoms. The number of benzene rings is 3. The van der Waals surface area contributed by atoms with Gasteiger partial charge in [0.05, 0.1) is 16.3 Å². The van der Waals surface area contributed by atoms with Crippen LogP contribution < -0.4 is 15.3 Å². The maximum atomic E-state index is 12.2. The number of aromatic nitrogens is 2. The van der Waals surface area contributed by atoms with Gasteiger partial charge in [0, 0.05) is 12.2 Å². The van der Waals surface area contributed by atoms with Gasteiger partial charge < -0.3 is 4.90 Å². The minimum Gasteiger partial charge on any atom is -0.320 e. The van der Waals surface area contributed by atoms with Gasteiger partial charge in [0.2, 0.25) is 11.6 Å². The molecule has 0 saturated carbocycles. The van der Waals surface area contributed by atoms with E-state index >= 15 is 0 Å². The molecule has 1 aliphatic rings. The van der Waals surface area contributed by atoms with Gasteiger partial charge in [0.25, 0.3) is 0 Å². The minimum absolute atomic E-state index is 0.122. The predicted octanol–water partition coefficient (Wildman–Crippen LogP) is 5.24. The van der Waals surface area contributed by atoms with E-state index < -0.39 is 4.92 Å². The lowest BCUT2D eigenvalue weighted by atomic mass is 10.2. The maximum absolute atomic E-state index is 12.2. The molecule has 0 unspecified atom stereocenters. The van der Waals surface area contributed by atoms with Crippen LogP contribution >= 0.6 is 0 Å². The van der Waals surface area contributed by atoms with Crippen LogP contribution in [-0.2, 0) is 6.42 Å². The van der Waals surface area contributed by atoms with Crippen LogP contribution in [0.15, 0.2) is 91.3 Å². The summed E-state index contributed by atoms with van der Waals surface area (Å²) in [5.74, 6) is 0.399. The first-order valence-electron chi connectivity index (χ1n) is 10.2. The number of hydrogen-bond acceptors (Lipinski definition) is 7. The van der Waals surface area contributed by atoms with E-state index in [9.17, 15) is 10.1 Å². The van der Waals surface area contributed by atoms with E-state index in [0.717, 1.165) is 29.0 Å². The summed E-state index contributed by atoms with van der Waals surface area (Å²) in [5, 5.41) is 14.0. The first-order valence-corrected chi connectivity index (χ1v) is 10.2. The van der Waals surface area contributed by atoms with E-state index in [1.807, 2.05) is 89.8 Å². The number of nitro groups is 1. The van der Waals surface area contributed by atoms with Crippen molar-refractivity contribution in [1.29, 1.82) is 0 Å². The second kappa shape index (κ2) is 8.35. The molecule has 158 valence electrons. The summed E-state index contributed by atoms with van der Waals surface area (Å²) in [4.78, 5) is 22.2. The molecular weight excluding hydrogens is 404 g/mol. The summed E-state index contributed by atoms with van der Waals surface area (Å²) in [6.07, 6.45) is 2.17. The molecular formula is C24H20N6O2. The third-order valence-electron chi connectivity index (χ3n) is 5.37. The predicted molar refractivity (Wildman–Crippen MR) is 124 cm³/mol. The number of nitrogens with one attached hydrogen (secondary N) is 1. The quantitative estimate of drug-likeness (QED) is 0.334. The Morgan fingerprint density at radius 3 is 2.16 bits per heavy atom. The monoisotopic (exact) mass is 424 g/mol. The number of hydrogen-bond donors (Lipinski definition) is 1. The molecule has 1 N–H and O–H groups in total. The third-order valence-corrected chi connectivity index (χ3v) is 5.37. The van der Waals surface area contributed by atoms with Gasteiger partial charge in [0.1, 0.15) is 6.33 Å². The summed E-state index contributed by atoms with van der Waals surface area (Å²) in [6.45, 7) is 0.623. The molecule has 1 aliphatic heterocycles. The second-order valence-electron chi connectivity index (χ2n) is 7.30. The molecule has 0 saturated heterocycles. The molecule has 4 aromatic rings. The Morgan fingerprint density at radius 2 is 1.50 bits per heavy atom. The number of rotatable bonds is 6. The summed E-state index contributed by atoms with van der Waals surface area (Å²) in [6, 6.07) is 27.1. The standard InChI is InChI=1S/C24H20N6O2/c31-30(32)22-23(25-17-26-24(22)28-16-15-18-9-7-8-14-21(18)28)27-29(19-10-3-1-4-11-19)20-12-5-2-6-13-20/h1-14,17H,15-16H2,(H,25,26,27). The Hall–Kier alpha value is -4.46. The molecule has 0 amide bonds. The number of nitrogens with zero attached hydrogens (tertiary/aromatic N) is 5. The van der Waals surface area contributed by atoms with Crippen molar-refractivity contribution in [3.8, 4) is 0 Å². The molecule has 2 heterocycles. The van der Waals surface area contributed by atoms with Crippen LogP contribution in [0.2, 0.25) is 0 Å². The SMILES string of the molecule is O=[N+]([O-])c1c(NN(c2ccccc2)c2ccccc2)ncnc1N1CCc2ccccc21. The van der Waals surface area contributed by atoms with Crippen molar-refractivity contribution >= 4 is 34.4 Å². The van der Waals surface area contributed by atoms with Crippen LogP contribution in [0.25, 0.3) is 0 Å². The van der Waals surface area contributed by atoms with Crippen LogP contribution in [-0.4, -0.2) is 21.4 Å². The Balaban J connectivity index is 1.59. The molecule has 1 aromatic heterocycles. The van der Waals surface area contributed by atoms with Gasteiger partial charge in [-0.05, 0) is 42.3 Å². The van der Waals surface area contributed by atoms with Gasteiger partial charge in [-0.3, -0.25) is 20.5 Å². The summed E-state index contributed by atoms with van der Waals surface area (Å²) >= 11 is 0. The Kier molecular flexibility index (Phi) is 5.09. The smallest absolute Gasteiger partial charge is 0.320 e. The zero-order valence-electron chi connectivity index (χ0n) is 17.1. The minimum atomic E-state index is -0.424. The molecule has 0 radical (unpaired) electrons. The van der Waals surface area contributed by atoms with Crippen LogP contribution in [0.3, 0.4) is 0 Å². The molecule has 8 nitrogen and oxygen atoms in total. The van der Waals surface area contributed by atoms with Crippen LogP contribution in [0.1, 0.15) is 5.56 Å². The topological polar surface area (TPSA) is 87.4 Å². The Bertz CT molecular complexity index is 1210. The number of fused-ring (bicyclic) bond motifs is 1. The van der Waals surface area contributed by atoms with Crippen LogP contribution in [0.4, 0.5) is 34.4 Å². The summed E-state index contributed by atoms with van der Waals surface area (Å²) < 4.78 is 0. The fourth-order valence-electron chi connectivity index (χ4n) is 3.91. The highest BCUT2D eigenvalue weighted by atomic mass is 16.6. The van der Waals surface area contributed by atoms with Crippen LogP contribution in [0.5, 0.6) is 0 Å². The molecule has 3 aromatic carbocycles. The lowest BCUT2D eigenvalue weighted by molar-refractivity contribution is -0.383. The van der Waals surface area contributed by atoms with Gasteiger partial charge >= 0.3 is 5.69 Å². The van der Waals surface area contributed by atoms with Crippen molar-refractivity contribution in [3.05, 3.63) is 107 Å². The largest absolute Gasteiger partial charge is 0.355 e. The van der Waals surface area contributed by atoms with E-state index in [-0.39, 0.29) is 17.3 Å². The van der Waals surface area contributed by atoms with E-state index in [1.54, 1.807) is 5.01 Å². The van der Waals surface area contributed by atoms with E-state index in [2.05, 4.69) is 15.4 Å². The molecule has 32 heavy (non-hydrogen) atoms. The highest BCUT2D eigenvalue weighted by Gasteiger charge is 2.32. The summed E-state index contributed by atoms with van der Waals surface area (Å²) in [5.41, 5.74) is 6.71. The average molecular weight is 424 g/mol. The Labute approximate surface area is 184 Å². The molecule has 5 rings (SSSR count). The molecule has 0 aliphatic carbocycles. The fraction of sp³-hybridized carbons (Fsp3) is 0.0833. The normalized spacial score (nSPS) is 12.3. The molecule has 0 fully saturated rings. The number of hydrazine groups is 1. The van der Waals surface area contributed by atoms with E-state index in [1.165, 1.54) is 6.33 Å². The second-order valence-corrected chi connectivity index (χ2v) is 7.30. The maximum Gasteiger partial charge on any atom is 0.355 e. The molecule has 0 atom stereocenters. The highest BCUT2D eigenvalue weighted by molar-refractivity contribution is 5.80. The van der Waals surface area contributed by atoms with Crippen molar-refractivity contribution in [3.63, 3.8) is 0 Å². The van der Waals surface area contributed by atoms with Gasteiger partial charge in [-0.15, -0.1) is 0 Å². The highest BCUT2D eigenvalue weighted by Crippen LogP contribution is 2.40. The van der Waals surface area contributed by atoms with Crippen molar-refractivity contribution in [2.45, 2.75) is 6.42 Å². The number of anilines is 5. The van der Waals surface area contributed by atoms with Crippen LogP contribution in [0, 0.1) is 10.1 Å². The van der Waals surface area contributed by atoms with Crippen molar-refractivity contribution in [1.82, 2.24) is 9.97 Å². The Morgan fingerprint density at radius 1 is 0.875 bits per heavy atom. The average Bonchev–Trinajstić information content (AvgIpc) is 3.27. The van der Waals surface area contributed by atoms with Gasteiger partial charge in [-0.1, -0.05) is 54.6 Å². The number of para-hydroxylation sites is 3. The van der Waals surface area contributed by atoms with Gasteiger partial charge in [-0.25, -0.2) is 9.97 Å². The lowest BCUT2D eigenvalue weighted by Crippen LogP contribution is -2.26. The summed E-state index contributed by atoms with van der Waals surface area (Å²) in [7, 11) is 0. The first kappa shape index (κ1) is 19.5. The zero-order valence-corrected chi connectivity index (χ0v) is 17.1. The van der Waals surface area contributed by atoms with Crippen molar-refractivity contribution in [2.24, 2.45) is 0 Å². The van der Waals surface area contributed by atoms with Gasteiger partial charge in [-0.2, -0.15) is 0 Å². The molecule has 0 bridgehead atoms. The van der Waals surface area contributed by atoms with Crippen molar-refractivity contribution < 1.29 is 4.92 Å². The van der Waals surface area contributed by atoms with Crippen molar-refractivity contribution in [2.75, 3.05) is 21.9 Å².